The fourth-order valence-corrected chi connectivity index (χ4v) is 2.11. The Bertz CT molecular complexity index is 559. The van der Waals surface area contributed by atoms with Crippen molar-refractivity contribution >= 4 is 17.7 Å². The van der Waals surface area contributed by atoms with Gasteiger partial charge in [0, 0.05) is 7.05 Å². The number of carbonyl (C=O) groups is 1. The molecule has 1 aromatic carbocycles. The number of aryl methyl sites for hydroxylation is 2. The number of urea groups is 1. The molecule has 0 fully saturated rings. The van der Waals surface area contributed by atoms with Crippen molar-refractivity contribution < 1.29 is 4.79 Å². The fourth-order valence-electron chi connectivity index (χ4n) is 2.11. The number of rotatable bonds is 3. The maximum absolute atomic E-state index is 12.4. The summed E-state index contributed by atoms with van der Waals surface area (Å²) in [5.74, 6) is 1.98. The lowest BCUT2D eigenvalue weighted by Crippen LogP contribution is -2.48. The molecule has 0 atom stereocenters. The van der Waals surface area contributed by atoms with E-state index in [1.54, 1.807) is 7.05 Å². The molecular weight excluding hydrogens is 252 g/mol. The van der Waals surface area contributed by atoms with Gasteiger partial charge >= 0.3 is 6.03 Å². The molecule has 0 spiro atoms. The minimum atomic E-state index is -0.403. The molecule has 2 amide bonds. The molecule has 0 saturated carbocycles. The number of hydrogen-bond donors (Lipinski definition) is 2. The number of terminal acetylenes is 1. The van der Waals surface area contributed by atoms with Gasteiger partial charge in [-0.2, -0.15) is 0 Å². The second-order valence-corrected chi connectivity index (χ2v) is 4.45. The monoisotopic (exact) mass is 272 g/mol. The second-order valence-electron chi connectivity index (χ2n) is 4.45. The number of carbonyl (C=O) groups excluding carboxylic acids is 1. The lowest BCUT2D eigenvalue weighted by Gasteiger charge is -2.28. The number of benzene rings is 1. The first-order chi connectivity index (χ1) is 9.43. The Labute approximate surface area is 119 Å². The Balaban J connectivity index is 3.18. The van der Waals surface area contributed by atoms with Crippen molar-refractivity contribution in [3.8, 4) is 12.3 Å². The van der Waals surface area contributed by atoms with E-state index in [2.05, 4.69) is 5.92 Å². The van der Waals surface area contributed by atoms with Crippen LogP contribution in [0.2, 0.25) is 0 Å². The number of nitrogens with zero attached hydrogens (tertiary/aromatic N) is 2. The highest BCUT2D eigenvalue weighted by Gasteiger charge is 2.23. The van der Waals surface area contributed by atoms with Gasteiger partial charge in [-0.1, -0.05) is 31.0 Å². The summed E-state index contributed by atoms with van der Waals surface area (Å²) in [5.41, 5.74) is 8.30. The van der Waals surface area contributed by atoms with Gasteiger partial charge in [0.25, 0.3) is 0 Å². The Morgan fingerprint density at radius 2 is 2.15 bits per heavy atom. The average molecular weight is 272 g/mol. The van der Waals surface area contributed by atoms with E-state index in [1.807, 2.05) is 32.0 Å². The fraction of sp³-hybridized carbons (Fsp3) is 0.333. The van der Waals surface area contributed by atoms with Gasteiger partial charge in [0.2, 0.25) is 0 Å². The van der Waals surface area contributed by atoms with Crippen molar-refractivity contribution in [2.75, 3.05) is 18.5 Å². The molecule has 5 heteroatoms. The molecule has 5 nitrogen and oxygen atoms in total. The van der Waals surface area contributed by atoms with Crippen LogP contribution >= 0.6 is 0 Å². The number of nitrogens with two attached hydrogens (primary N) is 1. The third-order valence-electron chi connectivity index (χ3n) is 3.10. The second kappa shape index (κ2) is 6.62. The molecule has 1 aromatic rings. The van der Waals surface area contributed by atoms with Crippen LogP contribution in [0.15, 0.2) is 18.2 Å². The molecule has 0 saturated heterocycles. The van der Waals surface area contributed by atoms with Crippen LogP contribution in [0.5, 0.6) is 0 Å². The van der Waals surface area contributed by atoms with Crippen LogP contribution in [-0.4, -0.2) is 30.5 Å². The summed E-state index contributed by atoms with van der Waals surface area (Å²) in [6, 6.07) is 5.47. The maximum Gasteiger partial charge on any atom is 0.331 e. The highest BCUT2D eigenvalue weighted by atomic mass is 16.2. The smallest absolute Gasteiger partial charge is 0.331 e. The van der Waals surface area contributed by atoms with Gasteiger partial charge in [-0.15, -0.1) is 6.42 Å². The van der Waals surface area contributed by atoms with E-state index in [-0.39, 0.29) is 12.5 Å². The Hall–Kier alpha value is -2.48. The summed E-state index contributed by atoms with van der Waals surface area (Å²) in [5, 5.41) is 7.45. The van der Waals surface area contributed by atoms with Crippen LogP contribution in [0.25, 0.3) is 0 Å². The van der Waals surface area contributed by atoms with Gasteiger partial charge in [0.05, 0.1) is 12.2 Å². The average Bonchev–Trinajstić information content (AvgIpc) is 2.42. The number of hydrogen-bond acceptors (Lipinski definition) is 2. The van der Waals surface area contributed by atoms with E-state index in [1.165, 1.54) is 4.90 Å². The quantitative estimate of drug-likeness (QED) is 0.501. The topological polar surface area (TPSA) is 73.4 Å². The molecule has 106 valence electrons. The van der Waals surface area contributed by atoms with Crippen LogP contribution in [0.4, 0.5) is 10.5 Å². The largest absolute Gasteiger partial charge is 0.370 e. The number of nitrogens with one attached hydrogen (secondary N) is 1. The summed E-state index contributed by atoms with van der Waals surface area (Å²) in [7, 11) is 1.66. The lowest BCUT2D eigenvalue weighted by molar-refractivity contribution is 0.231. The number of anilines is 1. The Morgan fingerprint density at radius 1 is 1.50 bits per heavy atom. The van der Waals surface area contributed by atoms with Crippen molar-refractivity contribution in [2.45, 2.75) is 20.3 Å². The summed E-state index contributed by atoms with van der Waals surface area (Å²) < 4.78 is 0. The summed E-state index contributed by atoms with van der Waals surface area (Å²) >= 11 is 0. The zero-order valence-electron chi connectivity index (χ0n) is 12.1. The predicted octanol–water partition coefficient (Wildman–Crippen LogP) is 1.94. The van der Waals surface area contributed by atoms with E-state index in [9.17, 15) is 4.79 Å². The van der Waals surface area contributed by atoms with E-state index in [4.69, 9.17) is 17.6 Å². The molecule has 0 aliphatic rings. The first-order valence-corrected chi connectivity index (χ1v) is 6.35. The Kier molecular flexibility index (Phi) is 5.15. The SMILES string of the molecule is C#CCN(C(=N)N)C(=O)N(C)c1c(C)cccc1CC. The maximum atomic E-state index is 12.4. The molecule has 0 aliphatic heterocycles. The first-order valence-electron chi connectivity index (χ1n) is 6.35. The van der Waals surface area contributed by atoms with E-state index >= 15 is 0 Å². The standard InChI is InChI=1S/C15H20N4O/c1-5-10-19(14(16)17)15(20)18(4)13-11(3)8-7-9-12(13)6-2/h1,7-9H,6,10H2,2-4H3,(H3,16,17). The minimum absolute atomic E-state index is 0.0220. The third-order valence-corrected chi connectivity index (χ3v) is 3.10. The summed E-state index contributed by atoms with van der Waals surface area (Å²) in [6.07, 6.45) is 6.02. The zero-order valence-corrected chi connectivity index (χ0v) is 12.1. The van der Waals surface area contributed by atoms with Crippen LogP contribution in [-0.2, 0) is 6.42 Å². The molecule has 0 aliphatic carbocycles. The van der Waals surface area contributed by atoms with Crippen LogP contribution in [0, 0.1) is 24.7 Å². The van der Waals surface area contributed by atoms with Gasteiger partial charge in [-0.05, 0) is 24.5 Å². The van der Waals surface area contributed by atoms with Crippen molar-refractivity contribution in [1.29, 1.82) is 5.41 Å². The van der Waals surface area contributed by atoms with Gasteiger partial charge in [0.15, 0.2) is 5.96 Å². The zero-order chi connectivity index (χ0) is 15.3. The third kappa shape index (κ3) is 3.09. The van der Waals surface area contributed by atoms with Gasteiger partial charge in [-0.25, -0.2) is 4.79 Å². The molecule has 0 heterocycles. The molecular formula is C15H20N4O. The highest BCUT2D eigenvalue weighted by Crippen LogP contribution is 2.25. The van der Waals surface area contributed by atoms with E-state index in [0.717, 1.165) is 28.1 Å². The highest BCUT2D eigenvalue weighted by molar-refractivity contribution is 6.03. The predicted molar refractivity (Wildman–Crippen MR) is 81.8 cm³/mol. The molecule has 0 bridgehead atoms. The molecule has 0 radical (unpaired) electrons. The van der Waals surface area contributed by atoms with Crippen LogP contribution in [0.3, 0.4) is 0 Å². The van der Waals surface area contributed by atoms with E-state index in [0.29, 0.717) is 0 Å². The van der Waals surface area contributed by atoms with E-state index < -0.39 is 6.03 Å². The van der Waals surface area contributed by atoms with Crippen LogP contribution in [0.1, 0.15) is 18.1 Å². The normalized spacial score (nSPS) is 9.70. The van der Waals surface area contributed by atoms with Gasteiger partial charge in [-0.3, -0.25) is 15.2 Å². The van der Waals surface area contributed by atoms with Crippen molar-refractivity contribution in [3.05, 3.63) is 29.3 Å². The Morgan fingerprint density at radius 3 is 2.65 bits per heavy atom. The summed E-state index contributed by atoms with van der Waals surface area (Å²) in [4.78, 5) is 15.0. The number of para-hydroxylation sites is 1. The summed E-state index contributed by atoms with van der Waals surface area (Å²) in [6.45, 7) is 3.95. The first kappa shape index (κ1) is 15.6. The van der Waals surface area contributed by atoms with Crippen LogP contribution < -0.4 is 10.6 Å². The molecule has 0 unspecified atom stereocenters. The lowest BCUT2D eigenvalue weighted by atomic mass is 10.1. The van der Waals surface area contributed by atoms with Crippen molar-refractivity contribution in [3.63, 3.8) is 0 Å². The van der Waals surface area contributed by atoms with Gasteiger partial charge in [0.1, 0.15) is 0 Å². The minimum Gasteiger partial charge on any atom is -0.370 e. The van der Waals surface area contributed by atoms with Crippen molar-refractivity contribution in [2.24, 2.45) is 5.73 Å². The van der Waals surface area contributed by atoms with Crippen molar-refractivity contribution in [1.82, 2.24) is 4.90 Å². The number of amides is 2. The molecule has 0 aromatic heterocycles. The molecule has 3 N–H and O–H groups in total. The van der Waals surface area contributed by atoms with Gasteiger partial charge < -0.3 is 5.73 Å². The molecule has 1 rings (SSSR count). The molecule has 20 heavy (non-hydrogen) atoms. The number of guanidine groups is 1.